The number of non-ortho nitro benzene ring substituents is 1. The number of nitrogens with zero attached hydrogens (tertiary/aromatic N) is 3. The minimum atomic E-state index is -0.391. The molecular formula is C20H32IN5O4. The van der Waals surface area contributed by atoms with Gasteiger partial charge in [0.2, 0.25) is 0 Å². The van der Waals surface area contributed by atoms with Crippen LogP contribution in [0.4, 0.5) is 5.69 Å². The van der Waals surface area contributed by atoms with Gasteiger partial charge in [-0.3, -0.25) is 15.0 Å². The highest BCUT2D eigenvalue weighted by molar-refractivity contribution is 14.0. The molecule has 168 valence electrons. The lowest BCUT2D eigenvalue weighted by Crippen LogP contribution is -2.43. The molecule has 2 saturated heterocycles. The molecule has 2 heterocycles. The Morgan fingerprint density at radius 2 is 1.97 bits per heavy atom. The van der Waals surface area contributed by atoms with Crippen molar-refractivity contribution < 1.29 is 14.4 Å². The number of nitrogens with one attached hydrogen (secondary N) is 2. The number of ether oxygens (including phenoxy) is 2. The summed E-state index contributed by atoms with van der Waals surface area (Å²) in [6.07, 6.45) is 3.43. The number of nitro benzene ring substituents is 1. The normalized spacial score (nSPS) is 19.9. The Bertz CT molecular complexity index is 662. The van der Waals surface area contributed by atoms with Crippen molar-refractivity contribution in [1.82, 2.24) is 15.5 Å². The van der Waals surface area contributed by atoms with Gasteiger partial charge in [0.25, 0.3) is 5.69 Å². The predicted molar refractivity (Wildman–Crippen MR) is 127 cm³/mol. The van der Waals surface area contributed by atoms with E-state index in [-0.39, 0.29) is 35.8 Å². The van der Waals surface area contributed by atoms with Crippen LogP contribution in [0.1, 0.15) is 24.8 Å². The lowest BCUT2D eigenvalue weighted by Gasteiger charge is -2.26. The predicted octanol–water partition coefficient (Wildman–Crippen LogP) is 2.15. The van der Waals surface area contributed by atoms with Gasteiger partial charge in [-0.1, -0.05) is 12.1 Å². The fourth-order valence-electron chi connectivity index (χ4n) is 3.42. The molecule has 1 unspecified atom stereocenters. The van der Waals surface area contributed by atoms with Crippen LogP contribution in [0.25, 0.3) is 0 Å². The van der Waals surface area contributed by atoms with Crippen molar-refractivity contribution in [3.8, 4) is 0 Å². The number of morpholine rings is 1. The van der Waals surface area contributed by atoms with Crippen LogP contribution in [-0.2, 0) is 16.0 Å². The molecule has 0 bridgehead atoms. The van der Waals surface area contributed by atoms with Crippen LogP contribution >= 0.6 is 24.0 Å². The Morgan fingerprint density at radius 1 is 1.20 bits per heavy atom. The van der Waals surface area contributed by atoms with Gasteiger partial charge in [-0.05, 0) is 31.4 Å². The molecule has 0 aromatic heterocycles. The zero-order valence-electron chi connectivity index (χ0n) is 17.3. The number of hydrogen-bond acceptors (Lipinski definition) is 6. The van der Waals surface area contributed by atoms with Gasteiger partial charge in [0.15, 0.2) is 5.96 Å². The summed E-state index contributed by atoms with van der Waals surface area (Å²) in [7, 11) is 0. The molecule has 1 aromatic carbocycles. The van der Waals surface area contributed by atoms with Gasteiger partial charge in [-0.25, -0.2) is 4.99 Å². The van der Waals surface area contributed by atoms with E-state index in [2.05, 4.69) is 20.5 Å². The maximum absolute atomic E-state index is 10.8. The maximum Gasteiger partial charge on any atom is 0.269 e. The Kier molecular flexibility index (Phi) is 11.3. The van der Waals surface area contributed by atoms with Crippen molar-refractivity contribution in [2.24, 2.45) is 4.99 Å². The van der Waals surface area contributed by atoms with Crippen LogP contribution in [0, 0.1) is 10.1 Å². The van der Waals surface area contributed by atoms with Gasteiger partial charge in [-0.2, -0.15) is 0 Å². The van der Waals surface area contributed by atoms with Crippen molar-refractivity contribution in [3.63, 3.8) is 0 Å². The second-order valence-electron chi connectivity index (χ2n) is 7.34. The molecule has 3 rings (SSSR count). The van der Waals surface area contributed by atoms with Crippen molar-refractivity contribution in [2.75, 3.05) is 52.5 Å². The standard InChI is InChI=1S/C20H31N5O4.HI/c26-25(27)18-6-4-17(5-7-18)15-22-20(23-16-19-3-1-12-29-19)21-8-2-9-24-10-13-28-14-11-24;/h4-7,19H,1-3,8-16H2,(H2,21,22,23);1H. The molecule has 2 N–H and O–H groups in total. The van der Waals surface area contributed by atoms with Gasteiger partial charge >= 0.3 is 0 Å². The maximum atomic E-state index is 10.8. The van der Waals surface area contributed by atoms with Crippen molar-refractivity contribution in [3.05, 3.63) is 39.9 Å². The SMILES string of the molecule is I.O=[N+]([O-])c1ccc(CN=C(NCCCN2CCOCC2)NCC2CCCO2)cc1. The summed E-state index contributed by atoms with van der Waals surface area (Å²) < 4.78 is 11.1. The van der Waals surface area contributed by atoms with Gasteiger partial charge in [0, 0.05) is 44.9 Å². The van der Waals surface area contributed by atoms with Crippen LogP contribution in [0.3, 0.4) is 0 Å². The van der Waals surface area contributed by atoms with Crippen LogP contribution in [0.5, 0.6) is 0 Å². The number of aliphatic imine (C=N–C) groups is 1. The monoisotopic (exact) mass is 533 g/mol. The fraction of sp³-hybridized carbons (Fsp3) is 0.650. The van der Waals surface area contributed by atoms with Gasteiger partial charge in [0.05, 0.1) is 30.8 Å². The molecule has 9 nitrogen and oxygen atoms in total. The largest absolute Gasteiger partial charge is 0.379 e. The molecule has 1 atom stereocenters. The first kappa shape index (κ1) is 24.8. The second kappa shape index (κ2) is 13.7. The van der Waals surface area contributed by atoms with Crippen LogP contribution < -0.4 is 10.6 Å². The summed E-state index contributed by atoms with van der Waals surface area (Å²) in [5, 5.41) is 17.6. The quantitative estimate of drug-likeness (QED) is 0.125. The zero-order valence-corrected chi connectivity index (χ0v) is 19.6. The van der Waals surface area contributed by atoms with E-state index < -0.39 is 4.92 Å². The topological polar surface area (TPSA) is 101 Å². The molecule has 2 aliphatic rings. The van der Waals surface area contributed by atoms with E-state index in [0.717, 1.165) is 83.3 Å². The summed E-state index contributed by atoms with van der Waals surface area (Å²) in [6, 6.07) is 6.52. The van der Waals surface area contributed by atoms with E-state index in [0.29, 0.717) is 6.54 Å². The average Bonchev–Trinajstić information content (AvgIpc) is 3.27. The van der Waals surface area contributed by atoms with E-state index in [4.69, 9.17) is 9.47 Å². The summed E-state index contributed by atoms with van der Waals surface area (Å²) in [6.45, 7) is 7.52. The Hall–Kier alpha value is -1.50. The number of nitro groups is 1. The highest BCUT2D eigenvalue weighted by Gasteiger charge is 2.16. The lowest BCUT2D eigenvalue weighted by molar-refractivity contribution is -0.384. The molecule has 0 spiro atoms. The number of guanidine groups is 1. The minimum Gasteiger partial charge on any atom is -0.379 e. The van der Waals surface area contributed by atoms with Crippen LogP contribution in [0.15, 0.2) is 29.3 Å². The summed E-state index contributed by atoms with van der Waals surface area (Å²) in [5.74, 6) is 0.751. The Morgan fingerprint density at radius 3 is 2.63 bits per heavy atom. The first-order valence-electron chi connectivity index (χ1n) is 10.4. The zero-order chi connectivity index (χ0) is 20.3. The third kappa shape index (κ3) is 8.70. The third-order valence-electron chi connectivity index (χ3n) is 5.14. The van der Waals surface area contributed by atoms with E-state index in [9.17, 15) is 10.1 Å². The molecule has 10 heteroatoms. The van der Waals surface area contributed by atoms with E-state index in [1.54, 1.807) is 12.1 Å². The highest BCUT2D eigenvalue weighted by atomic mass is 127. The summed E-state index contributed by atoms with van der Waals surface area (Å²) in [4.78, 5) is 17.5. The van der Waals surface area contributed by atoms with Gasteiger partial charge in [-0.15, -0.1) is 24.0 Å². The number of rotatable bonds is 9. The molecule has 2 fully saturated rings. The number of halogens is 1. The van der Waals surface area contributed by atoms with Gasteiger partial charge in [0.1, 0.15) is 0 Å². The molecule has 30 heavy (non-hydrogen) atoms. The van der Waals surface area contributed by atoms with Gasteiger partial charge < -0.3 is 20.1 Å². The minimum absolute atomic E-state index is 0. The lowest BCUT2D eigenvalue weighted by atomic mass is 10.2. The van der Waals surface area contributed by atoms with Crippen molar-refractivity contribution >= 4 is 35.6 Å². The van der Waals surface area contributed by atoms with Crippen LogP contribution in [-0.4, -0.2) is 74.4 Å². The van der Waals surface area contributed by atoms with E-state index >= 15 is 0 Å². The van der Waals surface area contributed by atoms with Crippen molar-refractivity contribution in [2.45, 2.75) is 31.9 Å². The molecule has 0 radical (unpaired) electrons. The smallest absolute Gasteiger partial charge is 0.269 e. The second-order valence-corrected chi connectivity index (χ2v) is 7.34. The van der Waals surface area contributed by atoms with Crippen molar-refractivity contribution in [1.29, 1.82) is 0 Å². The average molecular weight is 533 g/mol. The number of hydrogen-bond donors (Lipinski definition) is 2. The van der Waals surface area contributed by atoms with E-state index in [1.165, 1.54) is 12.1 Å². The first-order valence-corrected chi connectivity index (χ1v) is 10.4. The molecule has 1 aromatic rings. The summed E-state index contributed by atoms with van der Waals surface area (Å²) in [5.41, 5.74) is 1.03. The molecule has 0 saturated carbocycles. The first-order chi connectivity index (χ1) is 14.2. The van der Waals surface area contributed by atoms with Crippen LogP contribution in [0.2, 0.25) is 0 Å². The number of benzene rings is 1. The summed E-state index contributed by atoms with van der Waals surface area (Å²) >= 11 is 0. The molecular weight excluding hydrogens is 501 g/mol. The Labute approximate surface area is 194 Å². The fourth-order valence-corrected chi connectivity index (χ4v) is 3.42. The van der Waals surface area contributed by atoms with E-state index in [1.807, 2.05) is 0 Å². The molecule has 0 aliphatic carbocycles. The Balaban J connectivity index is 0.00000320. The highest BCUT2D eigenvalue weighted by Crippen LogP contribution is 2.13. The third-order valence-corrected chi connectivity index (χ3v) is 5.14. The molecule has 0 amide bonds. The molecule has 2 aliphatic heterocycles.